The van der Waals surface area contributed by atoms with Crippen LogP contribution in [0.3, 0.4) is 0 Å². The smallest absolute Gasteiger partial charge is 0.378 e. The van der Waals surface area contributed by atoms with E-state index in [9.17, 15) is 13.2 Å². The maximum absolute atomic E-state index is 12.9. The number of hydrogen-bond acceptors (Lipinski definition) is 2. The summed E-state index contributed by atoms with van der Waals surface area (Å²) in [5, 5.41) is 0.0969. The summed E-state index contributed by atoms with van der Waals surface area (Å²) in [4.78, 5) is 3.89. The van der Waals surface area contributed by atoms with Gasteiger partial charge in [-0.25, -0.2) is 4.99 Å². The summed E-state index contributed by atoms with van der Waals surface area (Å²) < 4.78 is 39.6. The molecule has 2 aromatic rings. The largest absolute Gasteiger partial charge is 0.418 e. The van der Waals surface area contributed by atoms with Gasteiger partial charge < -0.3 is 5.73 Å². The summed E-state index contributed by atoms with van der Waals surface area (Å²) in [6.45, 7) is 0. The zero-order chi connectivity index (χ0) is 16.2. The Kier molecular flexibility index (Phi) is 5.52. The van der Waals surface area contributed by atoms with Crippen molar-refractivity contribution in [2.24, 2.45) is 10.7 Å². The van der Waals surface area contributed by atoms with Gasteiger partial charge in [-0.1, -0.05) is 52.0 Å². The van der Waals surface area contributed by atoms with Gasteiger partial charge in [-0.05, 0) is 29.8 Å². The van der Waals surface area contributed by atoms with E-state index in [-0.39, 0.29) is 10.9 Å². The number of para-hydroxylation sites is 1. The fourth-order valence-electron chi connectivity index (χ4n) is 1.70. The number of amidine groups is 1. The van der Waals surface area contributed by atoms with E-state index in [4.69, 9.17) is 5.73 Å². The van der Waals surface area contributed by atoms with E-state index in [0.29, 0.717) is 5.75 Å². The highest BCUT2D eigenvalue weighted by Gasteiger charge is 2.33. The molecule has 2 rings (SSSR count). The van der Waals surface area contributed by atoms with Crippen molar-refractivity contribution in [3.05, 3.63) is 64.1 Å². The van der Waals surface area contributed by atoms with Crippen molar-refractivity contribution in [3.8, 4) is 0 Å². The Morgan fingerprint density at radius 2 is 1.73 bits per heavy atom. The third kappa shape index (κ3) is 4.78. The lowest BCUT2D eigenvalue weighted by atomic mass is 10.2. The van der Waals surface area contributed by atoms with Crippen molar-refractivity contribution in [1.82, 2.24) is 0 Å². The molecule has 0 heterocycles. The second-order valence-corrected chi connectivity index (χ2v) is 6.29. The lowest BCUT2D eigenvalue weighted by Crippen LogP contribution is -2.09. The molecule has 0 aliphatic heterocycles. The maximum atomic E-state index is 12.9. The summed E-state index contributed by atoms with van der Waals surface area (Å²) in [7, 11) is 0. The predicted octanol–water partition coefficient (Wildman–Crippen LogP) is 5.35. The van der Waals surface area contributed by atoms with E-state index in [1.807, 2.05) is 24.3 Å². The molecule has 2 aromatic carbocycles. The SMILES string of the molecule is NC(=Nc1ccccc1C(F)(F)F)SCc1ccc(Br)cc1. The Morgan fingerprint density at radius 1 is 1.09 bits per heavy atom. The molecule has 0 aliphatic carbocycles. The number of benzene rings is 2. The van der Waals surface area contributed by atoms with Crippen LogP contribution >= 0.6 is 27.7 Å². The van der Waals surface area contributed by atoms with Gasteiger partial charge in [0, 0.05) is 10.2 Å². The normalized spacial score (nSPS) is 12.5. The zero-order valence-electron chi connectivity index (χ0n) is 11.3. The molecule has 0 aromatic heterocycles. The van der Waals surface area contributed by atoms with Gasteiger partial charge >= 0.3 is 6.18 Å². The monoisotopic (exact) mass is 388 g/mol. The molecule has 0 fully saturated rings. The van der Waals surface area contributed by atoms with Crippen LogP contribution in [0, 0.1) is 0 Å². The van der Waals surface area contributed by atoms with Crippen LogP contribution in [0.2, 0.25) is 0 Å². The summed E-state index contributed by atoms with van der Waals surface area (Å²) in [6, 6.07) is 12.7. The van der Waals surface area contributed by atoms with Crippen molar-refractivity contribution in [2.75, 3.05) is 0 Å². The number of aliphatic imine (C=N–C) groups is 1. The standard InChI is InChI=1S/C15H12BrF3N2S/c16-11-7-5-10(6-8-11)9-22-14(20)21-13-4-2-1-3-12(13)15(17,18)19/h1-8H,9H2,(H2,20,21). The molecule has 0 unspecified atom stereocenters. The lowest BCUT2D eigenvalue weighted by molar-refractivity contribution is -0.137. The molecule has 0 amide bonds. The number of nitrogens with zero attached hydrogens (tertiary/aromatic N) is 1. The molecule has 0 saturated heterocycles. The first-order valence-corrected chi connectivity index (χ1v) is 8.02. The summed E-state index contributed by atoms with van der Waals surface area (Å²) in [5.41, 5.74) is 5.78. The third-order valence-corrected chi connectivity index (χ3v) is 4.13. The molecule has 2 N–H and O–H groups in total. The molecule has 0 atom stereocenters. The highest BCUT2D eigenvalue weighted by molar-refractivity contribution is 9.10. The average Bonchev–Trinajstić information content (AvgIpc) is 2.46. The van der Waals surface area contributed by atoms with E-state index in [0.717, 1.165) is 16.1 Å². The van der Waals surface area contributed by atoms with Crippen molar-refractivity contribution in [1.29, 1.82) is 0 Å². The fourth-order valence-corrected chi connectivity index (χ4v) is 2.63. The summed E-state index contributed by atoms with van der Waals surface area (Å²) in [6.07, 6.45) is -4.45. The molecule has 0 radical (unpaired) electrons. The molecule has 0 aliphatic rings. The van der Waals surface area contributed by atoms with Crippen LogP contribution in [0.15, 0.2) is 58.0 Å². The van der Waals surface area contributed by atoms with E-state index >= 15 is 0 Å². The number of thioether (sulfide) groups is 1. The Balaban J connectivity index is 2.11. The molecule has 2 nitrogen and oxygen atoms in total. The second kappa shape index (κ2) is 7.19. The van der Waals surface area contributed by atoms with Gasteiger partial charge in [0.2, 0.25) is 0 Å². The minimum absolute atomic E-state index is 0.0969. The van der Waals surface area contributed by atoms with Crippen molar-refractivity contribution >= 4 is 38.5 Å². The number of rotatable bonds is 3. The van der Waals surface area contributed by atoms with E-state index in [2.05, 4.69) is 20.9 Å². The topological polar surface area (TPSA) is 38.4 Å². The van der Waals surface area contributed by atoms with Crippen molar-refractivity contribution in [3.63, 3.8) is 0 Å². The van der Waals surface area contributed by atoms with E-state index in [1.165, 1.54) is 30.0 Å². The molecule has 0 saturated carbocycles. The number of alkyl halides is 3. The van der Waals surface area contributed by atoms with Crippen molar-refractivity contribution in [2.45, 2.75) is 11.9 Å². The summed E-state index contributed by atoms with van der Waals surface area (Å²) >= 11 is 4.53. The molecule has 0 spiro atoms. The molecule has 0 bridgehead atoms. The second-order valence-electron chi connectivity index (χ2n) is 4.38. The fraction of sp³-hybridized carbons (Fsp3) is 0.133. The third-order valence-electron chi connectivity index (χ3n) is 2.74. The first-order valence-electron chi connectivity index (χ1n) is 6.24. The first-order chi connectivity index (χ1) is 10.4. The molecular weight excluding hydrogens is 377 g/mol. The van der Waals surface area contributed by atoms with Gasteiger partial charge in [-0.2, -0.15) is 13.2 Å². The average molecular weight is 389 g/mol. The highest BCUT2D eigenvalue weighted by atomic mass is 79.9. The van der Waals surface area contributed by atoms with Crippen LogP contribution < -0.4 is 5.73 Å². The Morgan fingerprint density at radius 3 is 2.36 bits per heavy atom. The van der Waals surface area contributed by atoms with Crippen LogP contribution in [0.25, 0.3) is 0 Å². The summed E-state index contributed by atoms with van der Waals surface area (Å²) in [5.74, 6) is 0.538. The molecule has 116 valence electrons. The van der Waals surface area contributed by atoms with Gasteiger partial charge in [-0.15, -0.1) is 0 Å². The van der Waals surface area contributed by atoms with Gasteiger partial charge in [0.05, 0.1) is 11.3 Å². The van der Waals surface area contributed by atoms with Crippen LogP contribution in [-0.2, 0) is 11.9 Å². The Hall–Kier alpha value is -1.47. The first kappa shape index (κ1) is 16.9. The van der Waals surface area contributed by atoms with E-state index in [1.54, 1.807) is 0 Å². The number of halogens is 4. The van der Waals surface area contributed by atoms with Gasteiger partial charge in [-0.3, -0.25) is 0 Å². The number of nitrogens with two attached hydrogens (primary N) is 1. The molecular formula is C15H12BrF3N2S. The minimum atomic E-state index is -4.45. The van der Waals surface area contributed by atoms with Crippen LogP contribution in [0.1, 0.15) is 11.1 Å². The Bertz CT molecular complexity index is 669. The maximum Gasteiger partial charge on any atom is 0.418 e. The zero-order valence-corrected chi connectivity index (χ0v) is 13.7. The van der Waals surface area contributed by atoms with Crippen molar-refractivity contribution < 1.29 is 13.2 Å². The molecule has 7 heteroatoms. The number of hydrogen-bond donors (Lipinski definition) is 1. The van der Waals surface area contributed by atoms with E-state index < -0.39 is 11.7 Å². The minimum Gasteiger partial charge on any atom is -0.378 e. The lowest BCUT2D eigenvalue weighted by Gasteiger charge is -2.10. The van der Waals surface area contributed by atoms with Crippen LogP contribution in [0.4, 0.5) is 18.9 Å². The predicted molar refractivity (Wildman–Crippen MR) is 88.2 cm³/mol. The highest BCUT2D eigenvalue weighted by Crippen LogP contribution is 2.36. The Labute approximate surface area is 138 Å². The van der Waals surface area contributed by atoms with Gasteiger partial charge in [0.1, 0.15) is 0 Å². The quantitative estimate of drug-likeness (QED) is 0.568. The van der Waals surface area contributed by atoms with Crippen LogP contribution in [-0.4, -0.2) is 5.17 Å². The van der Waals surface area contributed by atoms with Gasteiger partial charge in [0.25, 0.3) is 0 Å². The van der Waals surface area contributed by atoms with Crippen LogP contribution in [0.5, 0.6) is 0 Å². The van der Waals surface area contributed by atoms with Gasteiger partial charge in [0.15, 0.2) is 5.17 Å². The molecule has 22 heavy (non-hydrogen) atoms.